The number of rotatable bonds is 7. The monoisotopic (exact) mass is 436 g/mol. The van der Waals surface area contributed by atoms with Gasteiger partial charge in [0.2, 0.25) is 5.91 Å². The highest BCUT2D eigenvalue weighted by atomic mass is 16.5. The lowest BCUT2D eigenvalue weighted by Crippen LogP contribution is -2.38. The van der Waals surface area contributed by atoms with Gasteiger partial charge in [-0.05, 0) is 31.2 Å². The van der Waals surface area contributed by atoms with Crippen LogP contribution in [0.15, 0.2) is 36.7 Å². The molecule has 32 heavy (non-hydrogen) atoms. The minimum Gasteiger partial charge on any atom is -0.379 e. The van der Waals surface area contributed by atoms with Gasteiger partial charge in [0.05, 0.1) is 18.9 Å². The number of fused-ring (bicyclic) bond motifs is 1. The largest absolute Gasteiger partial charge is 0.379 e. The van der Waals surface area contributed by atoms with Crippen molar-refractivity contribution in [2.45, 2.75) is 13.3 Å². The van der Waals surface area contributed by atoms with Crippen molar-refractivity contribution in [1.82, 2.24) is 24.8 Å². The Balaban J connectivity index is 1.47. The Kier molecular flexibility index (Phi) is 6.77. The maximum absolute atomic E-state index is 12.8. The lowest BCUT2D eigenvalue weighted by Gasteiger charge is -2.26. The number of morpholine rings is 1. The summed E-state index contributed by atoms with van der Waals surface area (Å²) in [5, 5.41) is 6.58. The predicted molar refractivity (Wildman–Crippen MR) is 122 cm³/mol. The Morgan fingerprint density at radius 2 is 1.88 bits per heavy atom. The van der Waals surface area contributed by atoms with E-state index in [0.717, 1.165) is 61.6 Å². The van der Waals surface area contributed by atoms with Crippen molar-refractivity contribution in [1.29, 1.82) is 0 Å². The van der Waals surface area contributed by atoms with Crippen LogP contribution in [0.5, 0.6) is 0 Å². The summed E-state index contributed by atoms with van der Waals surface area (Å²) < 4.78 is 7.16. The van der Waals surface area contributed by atoms with Crippen LogP contribution in [0.3, 0.4) is 0 Å². The van der Waals surface area contributed by atoms with Gasteiger partial charge >= 0.3 is 0 Å². The fourth-order valence-electron chi connectivity index (χ4n) is 3.92. The molecule has 2 N–H and O–H groups in total. The molecule has 4 rings (SSSR count). The van der Waals surface area contributed by atoms with E-state index in [0.29, 0.717) is 17.9 Å². The van der Waals surface area contributed by atoms with Crippen LogP contribution < -0.4 is 10.6 Å². The number of amides is 2. The molecule has 1 saturated heterocycles. The third kappa shape index (κ3) is 4.95. The van der Waals surface area contributed by atoms with Gasteiger partial charge in [-0.25, -0.2) is 9.97 Å². The number of anilines is 1. The van der Waals surface area contributed by atoms with E-state index >= 15 is 0 Å². The lowest BCUT2D eigenvalue weighted by atomic mass is 10.1. The van der Waals surface area contributed by atoms with Gasteiger partial charge in [0.25, 0.3) is 5.91 Å². The molecular weight excluding hydrogens is 408 g/mol. The van der Waals surface area contributed by atoms with E-state index in [-0.39, 0.29) is 11.8 Å². The number of aromatic nitrogens is 3. The number of nitrogens with one attached hydrogen (secondary N) is 2. The summed E-state index contributed by atoms with van der Waals surface area (Å²) in [5.74, 6) is -0.245. The molecule has 1 aromatic carbocycles. The number of hydrogen-bond donors (Lipinski definition) is 2. The van der Waals surface area contributed by atoms with Gasteiger partial charge in [0.15, 0.2) is 0 Å². The highest BCUT2D eigenvalue weighted by molar-refractivity contribution is 6.01. The quantitative estimate of drug-likeness (QED) is 0.550. The van der Waals surface area contributed by atoms with Gasteiger partial charge in [-0.1, -0.05) is 12.1 Å². The van der Waals surface area contributed by atoms with Crippen molar-refractivity contribution in [2.24, 2.45) is 7.05 Å². The number of carbonyl (C=O) groups is 2. The summed E-state index contributed by atoms with van der Waals surface area (Å²) in [5.41, 5.74) is 3.58. The molecule has 1 aliphatic heterocycles. The minimum absolute atomic E-state index is 0.120. The van der Waals surface area contributed by atoms with E-state index in [1.165, 1.54) is 13.3 Å². The molecule has 0 aliphatic carbocycles. The molecule has 3 heterocycles. The molecule has 0 saturated carbocycles. The smallest absolute Gasteiger partial charge is 0.267 e. The third-order valence-electron chi connectivity index (χ3n) is 5.57. The minimum atomic E-state index is -0.126. The van der Waals surface area contributed by atoms with Gasteiger partial charge in [-0.15, -0.1) is 0 Å². The molecular formula is C23H28N6O3. The summed E-state index contributed by atoms with van der Waals surface area (Å²) in [6.45, 7) is 6.49. The summed E-state index contributed by atoms with van der Waals surface area (Å²) in [6.07, 6.45) is 2.39. The first-order chi connectivity index (χ1) is 15.5. The molecule has 0 bridgehead atoms. The van der Waals surface area contributed by atoms with Crippen LogP contribution in [0.2, 0.25) is 0 Å². The van der Waals surface area contributed by atoms with Gasteiger partial charge in [-0.2, -0.15) is 0 Å². The molecule has 168 valence electrons. The standard InChI is InChI=1S/C23H28N6O3/c1-16(30)27-18-6-4-17(5-7-18)21-19-14-20(28(2)22(19)26-15-25-21)23(31)24-8-3-9-29-10-12-32-13-11-29/h4-7,14-15H,3,8-13H2,1-2H3,(H,24,31)(H,27,30). The maximum Gasteiger partial charge on any atom is 0.267 e. The number of hydrogen-bond acceptors (Lipinski definition) is 6. The number of nitrogens with zero attached hydrogens (tertiary/aromatic N) is 4. The molecule has 9 nitrogen and oxygen atoms in total. The van der Waals surface area contributed by atoms with Crippen LogP contribution in [-0.2, 0) is 16.6 Å². The van der Waals surface area contributed by atoms with E-state index < -0.39 is 0 Å². The van der Waals surface area contributed by atoms with Crippen LogP contribution in [-0.4, -0.2) is 70.6 Å². The SMILES string of the molecule is CC(=O)Nc1ccc(-c2ncnc3c2cc(C(=O)NCCCN2CCOCC2)n3C)cc1. The van der Waals surface area contributed by atoms with Crippen molar-refractivity contribution < 1.29 is 14.3 Å². The molecule has 0 radical (unpaired) electrons. The number of ether oxygens (including phenoxy) is 1. The zero-order valence-electron chi connectivity index (χ0n) is 18.4. The fourth-order valence-corrected chi connectivity index (χ4v) is 3.92. The Hall–Kier alpha value is -3.30. The maximum atomic E-state index is 12.8. The topological polar surface area (TPSA) is 101 Å². The number of carbonyl (C=O) groups excluding carboxylic acids is 2. The third-order valence-corrected chi connectivity index (χ3v) is 5.57. The Bertz CT molecular complexity index is 1100. The molecule has 0 spiro atoms. The van der Waals surface area contributed by atoms with E-state index in [1.54, 1.807) is 4.57 Å². The Morgan fingerprint density at radius 3 is 2.59 bits per heavy atom. The molecule has 0 atom stereocenters. The second kappa shape index (κ2) is 9.88. The first-order valence-corrected chi connectivity index (χ1v) is 10.8. The molecule has 2 aromatic heterocycles. The van der Waals surface area contributed by atoms with Gasteiger partial charge in [0, 0.05) is 50.2 Å². The number of aryl methyl sites for hydroxylation is 1. The first kappa shape index (κ1) is 21.9. The van der Waals surface area contributed by atoms with Gasteiger partial charge < -0.3 is 19.9 Å². The highest BCUT2D eigenvalue weighted by Gasteiger charge is 2.18. The lowest BCUT2D eigenvalue weighted by molar-refractivity contribution is -0.114. The van der Waals surface area contributed by atoms with Crippen molar-refractivity contribution in [3.05, 3.63) is 42.4 Å². The predicted octanol–water partition coefficient (Wildman–Crippen LogP) is 2.05. The average molecular weight is 437 g/mol. The molecule has 3 aromatic rings. The van der Waals surface area contributed by atoms with Crippen molar-refractivity contribution in [3.63, 3.8) is 0 Å². The van der Waals surface area contributed by atoms with Gasteiger partial charge in [0.1, 0.15) is 17.7 Å². The average Bonchev–Trinajstić information content (AvgIpc) is 3.14. The van der Waals surface area contributed by atoms with Crippen LogP contribution in [0.25, 0.3) is 22.3 Å². The van der Waals surface area contributed by atoms with Crippen LogP contribution >= 0.6 is 0 Å². The summed E-state index contributed by atoms with van der Waals surface area (Å²) in [4.78, 5) is 35.3. The van der Waals surface area contributed by atoms with E-state index in [9.17, 15) is 9.59 Å². The zero-order valence-corrected chi connectivity index (χ0v) is 18.4. The van der Waals surface area contributed by atoms with Crippen LogP contribution in [0.4, 0.5) is 5.69 Å². The zero-order chi connectivity index (χ0) is 22.5. The van der Waals surface area contributed by atoms with Gasteiger partial charge in [-0.3, -0.25) is 14.5 Å². The van der Waals surface area contributed by atoms with Crippen LogP contribution in [0, 0.1) is 0 Å². The Morgan fingerprint density at radius 1 is 1.12 bits per heavy atom. The van der Waals surface area contributed by atoms with Crippen LogP contribution in [0.1, 0.15) is 23.8 Å². The first-order valence-electron chi connectivity index (χ1n) is 10.8. The fraction of sp³-hybridized carbons (Fsp3) is 0.391. The summed E-state index contributed by atoms with van der Waals surface area (Å²) >= 11 is 0. The highest BCUT2D eigenvalue weighted by Crippen LogP contribution is 2.28. The molecule has 0 unspecified atom stereocenters. The van der Waals surface area contributed by atoms with Crippen molar-refractivity contribution >= 4 is 28.5 Å². The number of benzene rings is 1. The van der Waals surface area contributed by atoms with Crippen molar-refractivity contribution in [2.75, 3.05) is 44.7 Å². The van der Waals surface area contributed by atoms with E-state index in [1.807, 2.05) is 37.4 Å². The van der Waals surface area contributed by atoms with E-state index in [4.69, 9.17) is 4.74 Å². The Labute approximate surface area is 186 Å². The van der Waals surface area contributed by atoms with Crippen molar-refractivity contribution in [3.8, 4) is 11.3 Å². The second-order valence-electron chi connectivity index (χ2n) is 7.87. The molecule has 9 heteroatoms. The molecule has 2 amide bonds. The molecule has 1 aliphatic rings. The van der Waals surface area contributed by atoms with E-state index in [2.05, 4.69) is 25.5 Å². The normalized spacial score (nSPS) is 14.4. The molecule has 1 fully saturated rings. The summed E-state index contributed by atoms with van der Waals surface area (Å²) in [7, 11) is 1.83. The second-order valence-corrected chi connectivity index (χ2v) is 7.87. The summed E-state index contributed by atoms with van der Waals surface area (Å²) in [6, 6.07) is 9.28.